The topological polar surface area (TPSA) is 49.3 Å². The average molecular weight is 563 g/mol. The van der Waals surface area contributed by atoms with Crippen LogP contribution >= 0.6 is 46.4 Å². The summed E-state index contributed by atoms with van der Waals surface area (Å²) in [7, 11) is 0. The van der Waals surface area contributed by atoms with Crippen LogP contribution in [-0.2, 0) is 9.57 Å². The first-order valence-electron chi connectivity index (χ1n) is 11.3. The second kappa shape index (κ2) is 15.5. The number of hydrogen-bond donors (Lipinski definition) is 0. The van der Waals surface area contributed by atoms with E-state index >= 15 is 0 Å². The molecule has 0 saturated heterocycles. The molecule has 0 heterocycles. The van der Waals surface area contributed by atoms with Gasteiger partial charge in [-0.15, -0.1) is 0 Å². The Morgan fingerprint density at radius 3 is 2.20 bits per heavy atom. The number of nitrogens with zero attached hydrogens (tertiary/aromatic N) is 1. The maximum absolute atomic E-state index is 6.29. The lowest BCUT2D eigenvalue weighted by atomic mass is 10.1. The van der Waals surface area contributed by atoms with Crippen LogP contribution in [0.4, 0.5) is 0 Å². The highest BCUT2D eigenvalue weighted by Crippen LogP contribution is 2.37. The minimum absolute atomic E-state index is 0.131. The molecule has 0 fully saturated rings. The molecule has 0 radical (unpaired) electrons. The summed E-state index contributed by atoms with van der Waals surface area (Å²) in [6.45, 7) is 7.56. The number of rotatable bonds is 14. The third-order valence-electron chi connectivity index (χ3n) is 4.41. The van der Waals surface area contributed by atoms with E-state index in [0.29, 0.717) is 41.4 Å². The van der Waals surface area contributed by atoms with Crippen LogP contribution in [0.2, 0.25) is 10.0 Å². The largest absolute Gasteiger partial charge is 0.490 e. The molecule has 2 rings (SSSR count). The van der Waals surface area contributed by atoms with Crippen LogP contribution in [0.25, 0.3) is 0 Å². The van der Waals surface area contributed by atoms with Crippen molar-refractivity contribution in [2.45, 2.75) is 45.6 Å². The molecule has 2 aromatic rings. The quantitative estimate of drug-likeness (QED) is 0.131. The Hall–Kier alpha value is -1.63. The van der Waals surface area contributed by atoms with Gasteiger partial charge in [0.2, 0.25) is 0 Å². The van der Waals surface area contributed by atoms with Gasteiger partial charge in [-0.3, -0.25) is 0 Å². The third-order valence-corrected chi connectivity index (χ3v) is 5.28. The summed E-state index contributed by atoms with van der Waals surface area (Å²) in [5.74, 6) is 0.937. The Morgan fingerprint density at radius 1 is 0.914 bits per heavy atom. The molecule has 0 aliphatic rings. The van der Waals surface area contributed by atoms with Crippen molar-refractivity contribution in [3.8, 4) is 11.5 Å². The number of hydrogen-bond acceptors (Lipinski definition) is 5. The normalized spacial score (nSPS) is 11.8. The number of ether oxygens (including phenoxy) is 3. The lowest BCUT2D eigenvalue weighted by molar-refractivity contribution is -0.000371. The second-order valence-corrected chi connectivity index (χ2v) is 10.4. The van der Waals surface area contributed by atoms with Gasteiger partial charge in [-0.25, -0.2) is 0 Å². The van der Waals surface area contributed by atoms with Crippen LogP contribution in [0, 0.1) is 0 Å². The average Bonchev–Trinajstić information content (AvgIpc) is 2.78. The monoisotopic (exact) mass is 561 g/mol. The standard InChI is InChI=1S/C26H31Cl4NO4/c1-26(2,3)35-31-23(19-10-6-4-7-11-19)18-32-13-8-5-9-14-34-25-21(27)16-20(17-22(25)28)33-15-12-24(29)30/h4,6-7,10-12,16-17H,5,8-9,13-15,18H2,1-3H3. The number of oxime groups is 1. The lowest BCUT2D eigenvalue weighted by Crippen LogP contribution is -2.19. The summed E-state index contributed by atoms with van der Waals surface area (Å²) in [5, 5.41) is 5.07. The summed E-state index contributed by atoms with van der Waals surface area (Å²) in [6.07, 6.45) is 4.17. The van der Waals surface area contributed by atoms with Crippen molar-refractivity contribution in [1.82, 2.24) is 0 Å². The first-order valence-corrected chi connectivity index (χ1v) is 12.8. The Morgan fingerprint density at radius 2 is 1.57 bits per heavy atom. The molecule has 0 atom stereocenters. The minimum atomic E-state index is -0.366. The molecule has 0 aromatic heterocycles. The summed E-state index contributed by atoms with van der Waals surface area (Å²) in [5.41, 5.74) is 1.38. The molecular formula is C26H31Cl4NO4. The van der Waals surface area contributed by atoms with Crippen molar-refractivity contribution in [2.75, 3.05) is 26.4 Å². The van der Waals surface area contributed by atoms with E-state index in [1.54, 1.807) is 12.1 Å². The van der Waals surface area contributed by atoms with Crippen molar-refractivity contribution in [1.29, 1.82) is 0 Å². The molecule has 0 aliphatic heterocycles. The van der Waals surface area contributed by atoms with Gasteiger partial charge in [0.15, 0.2) is 5.75 Å². The van der Waals surface area contributed by atoms with E-state index < -0.39 is 0 Å². The number of benzene rings is 2. The molecule has 35 heavy (non-hydrogen) atoms. The van der Waals surface area contributed by atoms with Gasteiger partial charge >= 0.3 is 0 Å². The Kier molecular flexibility index (Phi) is 13.1. The van der Waals surface area contributed by atoms with Gasteiger partial charge in [-0.1, -0.05) is 81.9 Å². The molecule has 0 unspecified atom stereocenters. The van der Waals surface area contributed by atoms with Crippen LogP contribution in [-0.4, -0.2) is 37.7 Å². The molecule has 0 saturated carbocycles. The fourth-order valence-electron chi connectivity index (χ4n) is 2.77. The van der Waals surface area contributed by atoms with Crippen LogP contribution in [0.15, 0.2) is 58.2 Å². The van der Waals surface area contributed by atoms with Crippen LogP contribution in [0.1, 0.15) is 45.6 Å². The van der Waals surface area contributed by atoms with Crippen LogP contribution < -0.4 is 9.47 Å². The summed E-state index contributed by atoms with van der Waals surface area (Å²) in [4.78, 5) is 5.60. The SMILES string of the molecule is CC(C)(C)ON=C(COCCCCCOc1c(Cl)cc(OCC=C(Cl)Cl)cc1Cl)c1ccccc1. The molecular weight excluding hydrogens is 532 g/mol. The van der Waals surface area contributed by atoms with Gasteiger partial charge in [0.05, 0.1) is 23.3 Å². The van der Waals surface area contributed by atoms with Crippen molar-refractivity contribution < 1.29 is 19.0 Å². The molecule has 192 valence electrons. The molecule has 0 amide bonds. The van der Waals surface area contributed by atoms with E-state index in [1.165, 1.54) is 6.08 Å². The zero-order valence-electron chi connectivity index (χ0n) is 20.2. The van der Waals surface area contributed by atoms with E-state index in [2.05, 4.69) is 5.16 Å². The van der Waals surface area contributed by atoms with E-state index in [1.807, 2.05) is 51.1 Å². The van der Waals surface area contributed by atoms with Gasteiger partial charge in [0, 0.05) is 24.3 Å². The van der Waals surface area contributed by atoms with Crippen molar-refractivity contribution in [2.24, 2.45) is 5.16 Å². The Balaban J connectivity index is 1.71. The highest BCUT2D eigenvalue weighted by atomic mass is 35.5. The van der Waals surface area contributed by atoms with Crippen LogP contribution in [0.3, 0.4) is 0 Å². The van der Waals surface area contributed by atoms with E-state index in [0.717, 1.165) is 30.5 Å². The van der Waals surface area contributed by atoms with Gasteiger partial charge in [-0.2, -0.15) is 0 Å². The predicted octanol–water partition coefficient (Wildman–Crippen LogP) is 8.48. The Labute approximate surface area is 227 Å². The first kappa shape index (κ1) is 29.6. The van der Waals surface area contributed by atoms with Crippen LogP contribution in [0.5, 0.6) is 11.5 Å². The smallest absolute Gasteiger partial charge is 0.156 e. The third kappa shape index (κ3) is 12.2. The highest BCUT2D eigenvalue weighted by Gasteiger charge is 2.13. The van der Waals surface area contributed by atoms with E-state index in [-0.39, 0.29) is 16.7 Å². The van der Waals surface area contributed by atoms with Crippen molar-refractivity contribution in [3.05, 3.63) is 68.6 Å². The maximum atomic E-state index is 6.29. The minimum Gasteiger partial charge on any atom is -0.490 e. The summed E-state index contributed by atoms with van der Waals surface area (Å²) in [6, 6.07) is 13.2. The molecule has 9 heteroatoms. The molecule has 0 spiro atoms. The maximum Gasteiger partial charge on any atom is 0.156 e. The number of unbranched alkanes of at least 4 members (excludes halogenated alkanes) is 2. The van der Waals surface area contributed by atoms with Gasteiger partial charge in [0.25, 0.3) is 0 Å². The molecule has 0 N–H and O–H groups in total. The van der Waals surface area contributed by atoms with Gasteiger partial charge in [-0.05, 0) is 46.1 Å². The van der Waals surface area contributed by atoms with Gasteiger partial charge < -0.3 is 19.0 Å². The molecule has 5 nitrogen and oxygen atoms in total. The predicted molar refractivity (Wildman–Crippen MR) is 146 cm³/mol. The van der Waals surface area contributed by atoms with Gasteiger partial charge in [0.1, 0.15) is 28.2 Å². The number of halogens is 4. The fourth-order valence-corrected chi connectivity index (χ4v) is 3.47. The Bertz CT molecular complexity index is 948. The second-order valence-electron chi connectivity index (χ2n) is 8.59. The molecule has 0 aliphatic carbocycles. The van der Waals surface area contributed by atoms with E-state index in [9.17, 15) is 0 Å². The van der Waals surface area contributed by atoms with Crippen molar-refractivity contribution in [3.63, 3.8) is 0 Å². The van der Waals surface area contributed by atoms with E-state index in [4.69, 9.17) is 65.5 Å². The lowest BCUT2D eigenvalue weighted by Gasteiger charge is -2.17. The summed E-state index contributed by atoms with van der Waals surface area (Å²) >= 11 is 23.7. The molecule has 0 bridgehead atoms. The fraction of sp³-hybridized carbons (Fsp3) is 0.423. The zero-order valence-corrected chi connectivity index (χ0v) is 23.2. The zero-order chi connectivity index (χ0) is 25.7. The summed E-state index contributed by atoms with van der Waals surface area (Å²) < 4.78 is 17.3. The highest BCUT2D eigenvalue weighted by molar-refractivity contribution is 6.55. The van der Waals surface area contributed by atoms with Crippen molar-refractivity contribution >= 4 is 52.1 Å². The first-order chi connectivity index (χ1) is 16.7. The molecule has 2 aromatic carbocycles.